The van der Waals surface area contributed by atoms with Gasteiger partial charge in [0.2, 0.25) is 0 Å². The summed E-state index contributed by atoms with van der Waals surface area (Å²) in [5.74, 6) is 0.315. The molecule has 0 aromatic heterocycles. The standard InChI is InChI=1S/C50H35N/c1-30-19-23-37(35-13-5-3-11-33(30)35)38-25-21-32-22-26-43-45(39-24-20-31(2)34-12-4-6-14-36(34)39)29-48(44-28-27-42(38)49(32)50(43)44)51-46-17-9-7-15-40(46)41-16-8-10-18-47(41)51/h3-29,40,46H,1-2H3. The second kappa shape index (κ2) is 10.7. The van der Waals surface area contributed by atoms with Crippen molar-refractivity contribution in [3.63, 3.8) is 0 Å². The van der Waals surface area contributed by atoms with Gasteiger partial charge in [-0.1, -0.05) is 152 Å². The highest BCUT2D eigenvalue weighted by Gasteiger charge is 2.38. The van der Waals surface area contributed by atoms with Gasteiger partial charge in [-0.05, 0) is 108 Å². The van der Waals surface area contributed by atoms with Gasteiger partial charge in [0.15, 0.2) is 0 Å². The third kappa shape index (κ3) is 3.98. The van der Waals surface area contributed by atoms with E-state index < -0.39 is 0 Å². The molecule has 0 N–H and O–H groups in total. The van der Waals surface area contributed by atoms with E-state index in [-0.39, 0.29) is 6.04 Å². The summed E-state index contributed by atoms with van der Waals surface area (Å²) in [6.07, 6.45) is 9.21. The van der Waals surface area contributed by atoms with Crippen LogP contribution in [0, 0.1) is 13.8 Å². The number of hydrogen-bond acceptors (Lipinski definition) is 1. The minimum absolute atomic E-state index is 0.211. The molecule has 1 heterocycles. The maximum Gasteiger partial charge on any atom is 0.0629 e. The first-order valence-electron chi connectivity index (χ1n) is 18.1. The molecule has 2 unspecified atom stereocenters. The number of fused-ring (bicyclic) bond motifs is 5. The lowest BCUT2D eigenvalue weighted by Gasteiger charge is -2.31. The van der Waals surface area contributed by atoms with Crippen LogP contribution in [0.2, 0.25) is 0 Å². The van der Waals surface area contributed by atoms with Crippen molar-refractivity contribution in [3.05, 3.63) is 181 Å². The lowest BCUT2D eigenvalue weighted by molar-refractivity contribution is 0.746. The Balaban J connectivity index is 1.29. The van der Waals surface area contributed by atoms with Crippen molar-refractivity contribution in [2.24, 2.45) is 0 Å². The monoisotopic (exact) mass is 649 g/mol. The van der Waals surface area contributed by atoms with Crippen LogP contribution in [-0.4, -0.2) is 6.04 Å². The Kier molecular flexibility index (Phi) is 5.99. The maximum atomic E-state index is 2.63. The minimum Gasteiger partial charge on any atom is -0.333 e. The van der Waals surface area contributed by atoms with Crippen LogP contribution in [0.3, 0.4) is 0 Å². The largest absolute Gasteiger partial charge is 0.333 e. The summed E-state index contributed by atoms with van der Waals surface area (Å²) in [5.41, 5.74) is 11.7. The molecule has 9 aromatic carbocycles. The van der Waals surface area contributed by atoms with Crippen LogP contribution in [-0.2, 0) is 0 Å². The van der Waals surface area contributed by atoms with Crippen LogP contribution in [0.1, 0.15) is 22.6 Å². The van der Waals surface area contributed by atoms with E-state index in [9.17, 15) is 0 Å². The van der Waals surface area contributed by atoms with E-state index in [4.69, 9.17) is 0 Å². The van der Waals surface area contributed by atoms with Gasteiger partial charge in [0.1, 0.15) is 0 Å². The number of nitrogens with zero attached hydrogens (tertiary/aromatic N) is 1. The summed E-state index contributed by atoms with van der Waals surface area (Å²) < 4.78 is 0. The number of anilines is 2. The molecule has 0 fully saturated rings. The van der Waals surface area contributed by atoms with Gasteiger partial charge in [0, 0.05) is 22.4 Å². The number of allylic oxidation sites excluding steroid dienone is 2. The Bertz CT molecular complexity index is 2960. The van der Waals surface area contributed by atoms with Gasteiger partial charge < -0.3 is 4.90 Å². The molecular formula is C50H35N. The molecule has 2 aliphatic rings. The van der Waals surface area contributed by atoms with E-state index >= 15 is 0 Å². The van der Waals surface area contributed by atoms with Crippen LogP contribution < -0.4 is 4.90 Å². The number of aryl methyl sites for hydroxylation is 2. The smallest absolute Gasteiger partial charge is 0.0629 e. The van der Waals surface area contributed by atoms with Gasteiger partial charge in [0.05, 0.1) is 11.7 Å². The van der Waals surface area contributed by atoms with Gasteiger partial charge in [-0.3, -0.25) is 0 Å². The normalized spacial score (nSPS) is 16.6. The molecule has 0 saturated carbocycles. The lowest BCUT2D eigenvalue weighted by atomic mass is 9.84. The third-order valence-electron chi connectivity index (χ3n) is 11.8. The zero-order valence-corrected chi connectivity index (χ0v) is 28.7. The van der Waals surface area contributed by atoms with Crippen LogP contribution in [0.4, 0.5) is 11.4 Å². The first-order valence-corrected chi connectivity index (χ1v) is 18.1. The zero-order chi connectivity index (χ0) is 33.8. The Hall–Kier alpha value is -6.18. The first-order chi connectivity index (χ1) is 25.2. The molecule has 0 spiro atoms. The third-order valence-corrected chi connectivity index (χ3v) is 11.8. The highest BCUT2D eigenvalue weighted by Crippen LogP contribution is 2.53. The van der Waals surface area contributed by atoms with Crippen molar-refractivity contribution < 1.29 is 0 Å². The molecule has 51 heavy (non-hydrogen) atoms. The lowest BCUT2D eigenvalue weighted by Crippen LogP contribution is -2.28. The SMILES string of the molecule is Cc1ccc(-c2ccc3ccc4c(-c5ccc(C)c6ccccc56)cc(N5c6ccccc6C6C=CC=CC65)c5ccc2c3c45)c2ccccc12. The van der Waals surface area contributed by atoms with Crippen LogP contribution in [0.25, 0.3) is 76.1 Å². The Morgan fingerprint density at radius 1 is 0.412 bits per heavy atom. The van der Waals surface area contributed by atoms with Gasteiger partial charge in [-0.2, -0.15) is 0 Å². The number of hydrogen-bond donors (Lipinski definition) is 0. The highest BCUT2D eigenvalue weighted by atomic mass is 15.2. The van der Waals surface area contributed by atoms with Crippen molar-refractivity contribution in [2.75, 3.05) is 4.90 Å². The van der Waals surface area contributed by atoms with Crippen molar-refractivity contribution in [1.29, 1.82) is 0 Å². The van der Waals surface area contributed by atoms with Gasteiger partial charge in [0.25, 0.3) is 0 Å². The van der Waals surface area contributed by atoms with Crippen LogP contribution in [0.5, 0.6) is 0 Å². The minimum atomic E-state index is 0.211. The number of benzene rings is 9. The van der Waals surface area contributed by atoms with Crippen molar-refractivity contribution in [1.82, 2.24) is 0 Å². The summed E-state index contributed by atoms with van der Waals surface area (Å²) in [6, 6.07) is 53.0. The van der Waals surface area contributed by atoms with Crippen LogP contribution in [0.15, 0.2) is 164 Å². The molecule has 1 nitrogen and oxygen atoms in total. The molecular weight excluding hydrogens is 615 g/mol. The summed E-state index contributed by atoms with van der Waals surface area (Å²) in [5, 5.41) is 13.1. The van der Waals surface area contributed by atoms with Gasteiger partial charge in [-0.25, -0.2) is 0 Å². The summed E-state index contributed by atoms with van der Waals surface area (Å²) >= 11 is 0. The molecule has 0 saturated heterocycles. The van der Waals surface area contributed by atoms with E-state index in [2.05, 4.69) is 183 Å². The van der Waals surface area contributed by atoms with E-state index in [0.29, 0.717) is 5.92 Å². The average molecular weight is 650 g/mol. The molecule has 11 rings (SSSR count). The molecule has 0 bridgehead atoms. The first kappa shape index (κ1) is 28.6. The van der Waals surface area contributed by atoms with Gasteiger partial charge >= 0.3 is 0 Å². The molecule has 9 aromatic rings. The Morgan fingerprint density at radius 2 is 0.961 bits per heavy atom. The second-order valence-electron chi connectivity index (χ2n) is 14.5. The fourth-order valence-electron chi connectivity index (χ4n) is 9.47. The van der Waals surface area contributed by atoms with E-state index in [1.807, 2.05) is 0 Å². The molecule has 1 aliphatic carbocycles. The van der Waals surface area contributed by atoms with E-state index in [1.165, 1.54) is 104 Å². The fourth-order valence-corrected chi connectivity index (χ4v) is 9.47. The summed E-state index contributed by atoms with van der Waals surface area (Å²) in [4.78, 5) is 2.63. The topological polar surface area (TPSA) is 3.24 Å². The molecule has 0 radical (unpaired) electrons. The summed E-state index contributed by atoms with van der Waals surface area (Å²) in [7, 11) is 0. The zero-order valence-electron chi connectivity index (χ0n) is 28.7. The molecule has 1 heteroatoms. The van der Waals surface area contributed by atoms with E-state index in [1.54, 1.807) is 0 Å². The van der Waals surface area contributed by atoms with Crippen molar-refractivity contribution in [2.45, 2.75) is 25.8 Å². The van der Waals surface area contributed by atoms with Gasteiger partial charge in [-0.15, -0.1) is 0 Å². The quantitative estimate of drug-likeness (QED) is 0.172. The van der Waals surface area contributed by atoms with Crippen molar-refractivity contribution >= 4 is 65.2 Å². The maximum absolute atomic E-state index is 2.63. The average Bonchev–Trinajstić information content (AvgIpc) is 3.52. The Labute approximate surface area is 297 Å². The highest BCUT2D eigenvalue weighted by molar-refractivity contribution is 6.31. The second-order valence-corrected chi connectivity index (χ2v) is 14.5. The van der Waals surface area contributed by atoms with Crippen molar-refractivity contribution in [3.8, 4) is 22.3 Å². The predicted molar refractivity (Wildman–Crippen MR) is 219 cm³/mol. The molecule has 2 atom stereocenters. The summed E-state index contributed by atoms with van der Waals surface area (Å²) in [6.45, 7) is 4.44. The van der Waals surface area contributed by atoms with Crippen LogP contribution >= 0.6 is 0 Å². The predicted octanol–water partition coefficient (Wildman–Crippen LogP) is 13.6. The fraction of sp³-hybridized carbons (Fsp3) is 0.0800. The number of para-hydroxylation sites is 1. The Morgan fingerprint density at radius 3 is 1.73 bits per heavy atom. The molecule has 240 valence electrons. The van der Waals surface area contributed by atoms with E-state index in [0.717, 1.165) is 0 Å². The molecule has 0 amide bonds. The number of rotatable bonds is 3. The molecule has 1 aliphatic heterocycles.